The molecule has 1 aliphatic rings. The Labute approximate surface area is 115 Å². The van der Waals surface area contributed by atoms with Crippen LogP contribution in [0.5, 0.6) is 0 Å². The first-order valence-corrected chi connectivity index (χ1v) is 6.47. The van der Waals surface area contributed by atoms with Crippen LogP contribution in [0.25, 0.3) is 10.9 Å². The lowest BCUT2D eigenvalue weighted by Gasteiger charge is -2.41. The molecule has 5 N–H and O–H groups in total. The Morgan fingerprint density at radius 1 is 1.25 bits per heavy atom. The van der Waals surface area contributed by atoms with E-state index in [1.165, 1.54) is 0 Å². The molecule has 3 rings (SSSR count). The molecule has 6 heteroatoms. The number of hydrogen-bond acceptors (Lipinski definition) is 5. The first-order chi connectivity index (χ1) is 9.51. The van der Waals surface area contributed by atoms with Crippen molar-refractivity contribution in [3.05, 3.63) is 36.0 Å². The minimum absolute atomic E-state index is 0.0158. The van der Waals surface area contributed by atoms with Gasteiger partial charge in [-0.1, -0.05) is 18.2 Å². The Bertz CT molecular complexity index is 612. The summed E-state index contributed by atoms with van der Waals surface area (Å²) >= 11 is 0. The van der Waals surface area contributed by atoms with E-state index in [0.29, 0.717) is 0 Å². The predicted octanol–water partition coefficient (Wildman–Crippen LogP) is -0.488. The highest BCUT2D eigenvalue weighted by Crippen LogP contribution is 2.30. The van der Waals surface area contributed by atoms with E-state index < -0.39 is 24.1 Å². The minimum atomic E-state index is -1.91. The van der Waals surface area contributed by atoms with Crippen LogP contribution in [0.1, 0.15) is 5.56 Å². The maximum absolute atomic E-state index is 10.4. The normalized spacial score (nSPS) is 34.5. The molecule has 1 saturated heterocycles. The van der Waals surface area contributed by atoms with Crippen molar-refractivity contribution in [3.63, 3.8) is 0 Å². The molecule has 20 heavy (non-hydrogen) atoms. The molecule has 0 aliphatic carbocycles. The summed E-state index contributed by atoms with van der Waals surface area (Å²) in [4.78, 5) is 3.07. The van der Waals surface area contributed by atoms with Crippen molar-refractivity contribution in [1.29, 1.82) is 0 Å². The second-order valence-electron chi connectivity index (χ2n) is 5.19. The summed E-state index contributed by atoms with van der Waals surface area (Å²) in [5.74, 6) is -1.91. The van der Waals surface area contributed by atoms with Crippen LogP contribution in [0, 0.1) is 0 Å². The third-order valence-corrected chi connectivity index (χ3v) is 3.80. The number of nitrogens with one attached hydrogen (secondary N) is 1. The molecule has 1 unspecified atom stereocenters. The molecule has 0 saturated carbocycles. The van der Waals surface area contributed by atoms with Crippen molar-refractivity contribution >= 4 is 10.9 Å². The molecule has 108 valence electrons. The van der Waals surface area contributed by atoms with Crippen LogP contribution in [0.2, 0.25) is 0 Å². The average molecular weight is 279 g/mol. The summed E-state index contributed by atoms with van der Waals surface area (Å²) in [6.45, 7) is -0.225. The Balaban J connectivity index is 1.90. The van der Waals surface area contributed by atoms with Crippen LogP contribution in [0.15, 0.2) is 30.5 Å². The zero-order chi connectivity index (χ0) is 14.3. The predicted molar refractivity (Wildman–Crippen MR) is 70.9 cm³/mol. The summed E-state index contributed by atoms with van der Waals surface area (Å²) in [5, 5.41) is 40.4. The second-order valence-corrected chi connectivity index (χ2v) is 5.19. The number of hydrogen-bond donors (Lipinski definition) is 5. The van der Waals surface area contributed by atoms with Gasteiger partial charge in [0.15, 0.2) is 5.79 Å². The van der Waals surface area contributed by atoms with E-state index in [-0.39, 0.29) is 13.0 Å². The number of H-pyrrole nitrogens is 1. The van der Waals surface area contributed by atoms with Gasteiger partial charge < -0.3 is 30.1 Å². The molecule has 1 aromatic heterocycles. The van der Waals surface area contributed by atoms with Crippen LogP contribution < -0.4 is 0 Å². The lowest BCUT2D eigenvalue weighted by atomic mass is 9.91. The molecule has 1 aromatic carbocycles. The van der Waals surface area contributed by atoms with Gasteiger partial charge >= 0.3 is 0 Å². The van der Waals surface area contributed by atoms with E-state index in [4.69, 9.17) is 4.74 Å². The van der Waals surface area contributed by atoms with Gasteiger partial charge in [-0.2, -0.15) is 0 Å². The van der Waals surface area contributed by atoms with Gasteiger partial charge in [-0.25, -0.2) is 0 Å². The van der Waals surface area contributed by atoms with Crippen molar-refractivity contribution in [2.45, 2.75) is 30.5 Å². The zero-order valence-corrected chi connectivity index (χ0v) is 10.7. The molecular weight excluding hydrogens is 262 g/mol. The van der Waals surface area contributed by atoms with Crippen LogP contribution in [0.3, 0.4) is 0 Å². The van der Waals surface area contributed by atoms with Gasteiger partial charge in [0.05, 0.1) is 6.61 Å². The third kappa shape index (κ3) is 2.11. The second kappa shape index (κ2) is 4.83. The SMILES string of the molecule is O[C@H]1[C@@H](O)C(O)(Cc2c[nH]c3ccccc23)OC[C@@H]1O. The van der Waals surface area contributed by atoms with Crippen LogP contribution in [-0.4, -0.2) is 56.1 Å². The van der Waals surface area contributed by atoms with Crippen molar-refractivity contribution < 1.29 is 25.2 Å². The minimum Gasteiger partial charge on any atom is -0.388 e. The third-order valence-electron chi connectivity index (χ3n) is 3.80. The molecule has 0 bridgehead atoms. The highest BCUT2D eigenvalue weighted by molar-refractivity contribution is 5.83. The lowest BCUT2D eigenvalue weighted by Crippen LogP contribution is -2.61. The fraction of sp³-hybridized carbons (Fsp3) is 0.429. The molecule has 6 nitrogen and oxygen atoms in total. The molecule has 1 fully saturated rings. The van der Waals surface area contributed by atoms with E-state index in [0.717, 1.165) is 16.5 Å². The van der Waals surface area contributed by atoms with Crippen molar-refractivity contribution in [1.82, 2.24) is 4.98 Å². The van der Waals surface area contributed by atoms with Gasteiger partial charge in [0, 0.05) is 23.5 Å². The molecule has 1 aliphatic heterocycles. The van der Waals surface area contributed by atoms with Crippen molar-refractivity contribution in [2.24, 2.45) is 0 Å². The highest BCUT2D eigenvalue weighted by atomic mass is 16.6. The number of para-hydroxylation sites is 1. The van der Waals surface area contributed by atoms with E-state index >= 15 is 0 Å². The van der Waals surface area contributed by atoms with Gasteiger partial charge in [0.25, 0.3) is 0 Å². The van der Waals surface area contributed by atoms with Gasteiger partial charge in [-0.05, 0) is 11.6 Å². The Morgan fingerprint density at radius 3 is 2.80 bits per heavy atom. The zero-order valence-electron chi connectivity index (χ0n) is 10.7. The van der Waals surface area contributed by atoms with Gasteiger partial charge in [0.1, 0.15) is 18.3 Å². The average Bonchev–Trinajstić information content (AvgIpc) is 2.85. The van der Waals surface area contributed by atoms with Gasteiger partial charge in [0.2, 0.25) is 0 Å². The molecule has 0 radical (unpaired) electrons. The largest absolute Gasteiger partial charge is 0.388 e. The topological polar surface area (TPSA) is 106 Å². The van der Waals surface area contributed by atoms with E-state index in [1.54, 1.807) is 6.20 Å². The fourth-order valence-corrected chi connectivity index (χ4v) is 2.60. The van der Waals surface area contributed by atoms with Crippen molar-refractivity contribution in [2.75, 3.05) is 6.61 Å². The standard InChI is InChI=1S/C14H17NO5/c16-11-7-20-14(19,13(18)12(11)17)5-8-6-15-10-4-2-1-3-9(8)10/h1-4,6,11-13,15-19H,5,7H2/t11-,12+,13+,14?/m0/s1. The maximum atomic E-state index is 10.4. The summed E-state index contributed by atoms with van der Waals surface area (Å²) in [6, 6.07) is 7.56. The maximum Gasteiger partial charge on any atom is 0.198 e. The Kier molecular flexibility index (Phi) is 3.27. The van der Waals surface area contributed by atoms with Crippen LogP contribution >= 0.6 is 0 Å². The summed E-state index contributed by atoms with van der Waals surface area (Å²) in [5.41, 5.74) is 1.68. The monoisotopic (exact) mass is 279 g/mol. The molecular formula is C14H17NO5. The molecule has 2 aromatic rings. The quantitative estimate of drug-likeness (QED) is 0.510. The van der Waals surface area contributed by atoms with E-state index in [9.17, 15) is 20.4 Å². The highest BCUT2D eigenvalue weighted by Gasteiger charge is 2.48. The number of aliphatic hydroxyl groups excluding tert-OH is 3. The number of rotatable bonds is 2. The summed E-state index contributed by atoms with van der Waals surface area (Å²) in [6.07, 6.45) is -2.45. The number of aromatic nitrogens is 1. The number of fused-ring (bicyclic) bond motifs is 1. The lowest BCUT2D eigenvalue weighted by molar-refractivity contribution is -0.320. The van der Waals surface area contributed by atoms with Gasteiger partial charge in [-0.15, -0.1) is 0 Å². The molecule has 4 atom stereocenters. The Hall–Kier alpha value is -1.44. The number of aromatic amines is 1. The van der Waals surface area contributed by atoms with Crippen LogP contribution in [0.4, 0.5) is 0 Å². The number of ether oxygens (including phenoxy) is 1. The molecule has 0 amide bonds. The van der Waals surface area contributed by atoms with E-state index in [2.05, 4.69) is 4.98 Å². The summed E-state index contributed by atoms with van der Waals surface area (Å²) in [7, 11) is 0. The molecule has 0 spiro atoms. The number of benzene rings is 1. The number of aliphatic hydroxyl groups is 4. The smallest absolute Gasteiger partial charge is 0.198 e. The first kappa shape index (κ1) is 13.5. The first-order valence-electron chi connectivity index (χ1n) is 6.47. The Morgan fingerprint density at radius 2 is 2.00 bits per heavy atom. The molecule has 2 heterocycles. The van der Waals surface area contributed by atoms with Crippen LogP contribution in [-0.2, 0) is 11.2 Å². The summed E-state index contributed by atoms with van der Waals surface area (Å²) < 4.78 is 5.16. The van der Waals surface area contributed by atoms with Gasteiger partial charge in [-0.3, -0.25) is 0 Å². The van der Waals surface area contributed by atoms with E-state index in [1.807, 2.05) is 24.3 Å². The fourth-order valence-electron chi connectivity index (χ4n) is 2.60. The van der Waals surface area contributed by atoms with Crippen molar-refractivity contribution in [3.8, 4) is 0 Å².